The first-order chi connectivity index (χ1) is 20.2. The molecule has 1 N–H and O–H groups in total. The Morgan fingerprint density at radius 1 is 1.02 bits per heavy atom. The molecule has 1 amide bonds. The lowest BCUT2D eigenvalue weighted by atomic mass is 10.1. The van der Waals surface area contributed by atoms with E-state index in [1.807, 2.05) is 4.57 Å². The van der Waals surface area contributed by atoms with Crippen molar-refractivity contribution in [2.45, 2.75) is 62.3 Å². The average Bonchev–Trinajstić information content (AvgIpc) is 3.35. The molecule has 1 atom stereocenters. The Balaban J connectivity index is 1.62. The second-order valence-corrected chi connectivity index (χ2v) is 10.9. The van der Waals surface area contributed by atoms with Crippen molar-refractivity contribution in [2.24, 2.45) is 0 Å². The van der Waals surface area contributed by atoms with E-state index in [4.69, 9.17) is 16.3 Å². The summed E-state index contributed by atoms with van der Waals surface area (Å²) >= 11 is 7.26. The summed E-state index contributed by atoms with van der Waals surface area (Å²) in [6.07, 6.45) is -0.746. The molecule has 222 valence electrons. The first kappa shape index (κ1) is 31.4. The summed E-state index contributed by atoms with van der Waals surface area (Å²) in [5.74, 6) is -0.565. The molecule has 1 heterocycles. The molecule has 0 aliphatic rings. The molecule has 12 heteroatoms. The lowest BCUT2D eigenvalue weighted by Gasteiger charge is -2.19. The van der Waals surface area contributed by atoms with Crippen LogP contribution >= 0.6 is 23.4 Å². The third kappa shape index (κ3) is 8.25. The number of anilines is 1. The highest BCUT2D eigenvalue weighted by Crippen LogP contribution is 2.38. The quantitative estimate of drug-likeness (QED) is 0.0920. The van der Waals surface area contributed by atoms with E-state index in [2.05, 4.69) is 22.4 Å². The monoisotopic (exact) mass is 620 g/mol. The third-order valence-electron chi connectivity index (χ3n) is 6.34. The van der Waals surface area contributed by atoms with Gasteiger partial charge in [-0.1, -0.05) is 92.0 Å². The van der Waals surface area contributed by atoms with Crippen LogP contribution in [0, 0.1) is 5.82 Å². The van der Waals surface area contributed by atoms with Crippen molar-refractivity contribution >= 4 is 35.0 Å². The minimum atomic E-state index is -4.60. The number of halogens is 5. The van der Waals surface area contributed by atoms with Crippen LogP contribution in [0.5, 0.6) is 5.75 Å². The number of unbranched alkanes of at least 4 members (excludes halogenated alkanes) is 3. The minimum absolute atomic E-state index is 0.0279. The number of carbonyl (C=O) groups is 1. The number of para-hydroxylation sites is 1. The van der Waals surface area contributed by atoms with Gasteiger partial charge >= 0.3 is 6.18 Å². The summed E-state index contributed by atoms with van der Waals surface area (Å²) in [7, 11) is 0. The SMILES string of the molecule is CCCCCCn1c(COc2ccccc2F)nnc1S[C@@H](C(=O)Nc1cc(C(F)(F)F)ccc1Cl)c1ccccc1. The molecule has 1 aromatic heterocycles. The number of aromatic nitrogens is 3. The number of ether oxygens (including phenoxy) is 1. The molecular weight excluding hydrogens is 592 g/mol. The van der Waals surface area contributed by atoms with Crippen LogP contribution in [0.4, 0.5) is 23.2 Å². The smallest absolute Gasteiger partial charge is 0.416 e. The van der Waals surface area contributed by atoms with E-state index in [0.29, 0.717) is 23.1 Å². The topological polar surface area (TPSA) is 69.0 Å². The second-order valence-electron chi connectivity index (χ2n) is 9.42. The molecule has 4 aromatic rings. The minimum Gasteiger partial charge on any atom is -0.483 e. The van der Waals surface area contributed by atoms with Crippen LogP contribution in [-0.4, -0.2) is 20.7 Å². The van der Waals surface area contributed by atoms with E-state index in [0.717, 1.165) is 55.6 Å². The van der Waals surface area contributed by atoms with Crippen molar-refractivity contribution in [2.75, 3.05) is 5.32 Å². The molecule has 0 unspecified atom stereocenters. The number of nitrogens with zero attached hydrogens (tertiary/aromatic N) is 3. The van der Waals surface area contributed by atoms with Gasteiger partial charge in [-0.05, 0) is 42.3 Å². The van der Waals surface area contributed by atoms with Gasteiger partial charge in [0.1, 0.15) is 11.9 Å². The molecule has 42 heavy (non-hydrogen) atoms. The number of carbonyl (C=O) groups excluding carboxylic acids is 1. The Bertz CT molecular complexity index is 1480. The molecular formula is C30H29ClF4N4O2S. The maximum absolute atomic E-state index is 14.1. The van der Waals surface area contributed by atoms with Gasteiger partial charge in [-0.25, -0.2) is 4.39 Å². The fourth-order valence-corrected chi connectivity index (χ4v) is 5.39. The Kier molecular flexibility index (Phi) is 10.9. The van der Waals surface area contributed by atoms with Crippen LogP contribution in [0.15, 0.2) is 78.0 Å². The summed E-state index contributed by atoms with van der Waals surface area (Å²) in [5, 5.41) is 10.6. The van der Waals surface area contributed by atoms with Crippen molar-refractivity contribution in [3.8, 4) is 5.75 Å². The van der Waals surface area contributed by atoms with Crippen LogP contribution in [0.2, 0.25) is 5.02 Å². The first-order valence-corrected chi connectivity index (χ1v) is 14.6. The Morgan fingerprint density at radius 2 is 1.76 bits per heavy atom. The zero-order valence-electron chi connectivity index (χ0n) is 22.7. The zero-order valence-corrected chi connectivity index (χ0v) is 24.3. The highest BCUT2D eigenvalue weighted by Gasteiger charge is 2.32. The fraction of sp³-hybridized carbons (Fsp3) is 0.300. The molecule has 0 saturated carbocycles. The van der Waals surface area contributed by atoms with E-state index in [9.17, 15) is 22.4 Å². The first-order valence-electron chi connectivity index (χ1n) is 13.4. The van der Waals surface area contributed by atoms with Gasteiger partial charge in [0.2, 0.25) is 5.91 Å². The van der Waals surface area contributed by atoms with Gasteiger partial charge in [-0.15, -0.1) is 10.2 Å². The number of hydrogen-bond donors (Lipinski definition) is 1. The molecule has 0 radical (unpaired) electrons. The van der Waals surface area contributed by atoms with Gasteiger partial charge in [0.25, 0.3) is 0 Å². The molecule has 0 aliphatic carbocycles. The maximum Gasteiger partial charge on any atom is 0.416 e. The summed E-state index contributed by atoms with van der Waals surface area (Å²) in [5.41, 5.74) is -0.483. The van der Waals surface area contributed by atoms with Crippen LogP contribution < -0.4 is 10.1 Å². The van der Waals surface area contributed by atoms with Gasteiger partial charge in [0.05, 0.1) is 16.3 Å². The zero-order chi connectivity index (χ0) is 30.1. The maximum atomic E-state index is 14.1. The highest BCUT2D eigenvalue weighted by molar-refractivity contribution is 8.00. The molecule has 0 saturated heterocycles. The number of alkyl halides is 3. The molecule has 3 aromatic carbocycles. The normalized spacial score (nSPS) is 12.2. The predicted octanol–water partition coefficient (Wildman–Crippen LogP) is 8.72. The van der Waals surface area contributed by atoms with Gasteiger partial charge in [-0.2, -0.15) is 13.2 Å². The fourth-order valence-electron chi connectivity index (χ4n) is 4.14. The van der Waals surface area contributed by atoms with E-state index in [1.54, 1.807) is 42.5 Å². The second kappa shape index (κ2) is 14.6. The molecule has 0 bridgehead atoms. The number of thioether (sulfide) groups is 1. The lowest BCUT2D eigenvalue weighted by Crippen LogP contribution is -2.20. The largest absolute Gasteiger partial charge is 0.483 e. The molecule has 0 spiro atoms. The van der Waals surface area contributed by atoms with Crippen LogP contribution in [0.3, 0.4) is 0 Å². The van der Waals surface area contributed by atoms with Gasteiger partial charge in [0, 0.05) is 6.54 Å². The molecule has 0 aliphatic heterocycles. The van der Waals surface area contributed by atoms with Crippen molar-refractivity contribution < 1.29 is 27.1 Å². The molecule has 6 nitrogen and oxygen atoms in total. The average molecular weight is 621 g/mol. The number of nitrogens with one attached hydrogen (secondary N) is 1. The standard InChI is InChI=1S/C30H29ClF4N4O2S/c1-2-3-4-10-17-39-26(19-41-25-14-9-8-13-23(25)32)37-38-29(39)42-27(20-11-6-5-7-12-20)28(40)36-24-18-21(30(33,34)35)15-16-22(24)31/h5-9,11-16,18,27H,2-4,10,17,19H2,1H3,(H,36,40)/t27-/m1/s1. The predicted molar refractivity (Wildman–Crippen MR) is 155 cm³/mol. The number of rotatable bonds is 13. The van der Waals surface area contributed by atoms with Gasteiger partial charge in [-0.3, -0.25) is 4.79 Å². The van der Waals surface area contributed by atoms with Crippen LogP contribution in [-0.2, 0) is 24.1 Å². The van der Waals surface area contributed by atoms with E-state index < -0.39 is 28.7 Å². The van der Waals surface area contributed by atoms with Gasteiger partial charge in [0.15, 0.2) is 22.5 Å². The lowest BCUT2D eigenvalue weighted by molar-refractivity contribution is -0.137. The van der Waals surface area contributed by atoms with Crippen molar-refractivity contribution in [1.29, 1.82) is 0 Å². The van der Waals surface area contributed by atoms with E-state index in [-0.39, 0.29) is 23.1 Å². The Morgan fingerprint density at radius 3 is 2.48 bits per heavy atom. The highest BCUT2D eigenvalue weighted by atomic mass is 35.5. The number of hydrogen-bond acceptors (Lipinski definition) is 5. The van der Waals surface area contributed by atoms with E-state index >= 15 is 0 Å². The Labute approximate surface area is 250 Å². The summed E-state index contributed by atoms with van der Waals surface area (Å²) in [4.78, 5) is 13.6. The van der Waals surface area contributed by atoms with Crippen molar-refractivity contribution in [3.05, 3.63) is 101 Å². The summed E-state index contributed by atoms with van der Waals surface area (Å²) in [6.45, 7) is 2.59. The Hall–Kier alpha value is -3.57. The van der Waals surface area contributed by atoms with Crippen LogP contribution in [0.25, 0.3) is 0 Å². The van der Waals surface area contributed by atoms with Crippen molar-refractivity contribution in [1.82, 2.24) is 14.8 Å². The van der Waals surface area contributed by atoms with Gasteiger partial charge < -0.3 is 14.6 Å². The number of amides is 1. The summed E-state index contributed by atoms with van der Waals surface area (Å²) < 4.78 is 61.6. The molecule has 0 fully saturated rings. The van der Waals surface area contributed by atoms with E-state index in [1.165, 1.54) is 12.1 Å². The summed E-state index contributed by atoms with van der Waals surface area (Å²) in [6, 6.07) is 17.6. The third-order valence-corrected chi connectivity index (χ3v) is 7.90. The number of benzene rings is 3. The van der Waals surface area contributed by atoms with Crippen LogP contribution in [0.1, 0.15) is 54.8 Å². The molecule has 4 rings (SSSR count). The van der Waals surface area contributed by atoms with Crippen molar-refractivity contribution in [3.63, 3.8) is 0 Å².